The van der Waals surface area contributed by atoms with Gasteiger partial charge in [0, 0.05) is 23.9 Å². The molecule has 0 bridgehead atoms. The number of H-pyrrole nitrogens is 1. The molecular formula is C20H25N3O5S. The number of fused-ring (bicyclic) bond motifs is 1. The summed E-state index contributed by atoms with van der Waals surface area (Å²) in [6.07, 6.45) is 2.80. The lowest BCUT2D eigenvalue weighted by molar-refractivity contribution is 0.0272. The molecule has 8 nitrogen and oxygen atoms in total. The molecule has 0 spiro atoms. The van der Waals surface area contributed by atoms with Crippen molar-refractivity contribution in [3.8, 4) is 0 Å². The van der Waals surface area contributed by atoms with E-state index >= 15 is 0 Å². The number of hydroxylamine groups is 1. The molecule has 0 amide bonds. The van der Waals surface area contributed by atoms with Crippen LogP contribution in [-0.2, 0) is 21.2 Å². The smallest absolute Gasteiger partial charge is 0.277 e. The maximum absolute atomic E-state index is 13.1. The predicted molar refractivity (Wildman–Crippen MR) is 109 cm³/mol. The zero-order valence-electron chi connectivity index (χ0n) is 17.1. The number of hydrogen-bond acceptors (Lipinski definition) is 6. The van der Waals surface area contributed by atoms with Crippen LogP contribution in [0.3, 0.4) is 0 Å². The van der Waals surface area contributed by atoms with E-state index in [1.54, 1.807) is 32.9 Å². The largest absolute Gasteiger partial charge is 0.302 e. The maximum atomic E-state index is 13.1. The Morgan fingerprint density at radius 1 is 1.31 bits per heavy atom. The molecule has 1 aromatic carbocycles. The van der Waals surface area contributed by atoms with Crippen LogP contribution >= 0.6 is 0 Å². The van der Waals surface area contributed by atoms with Crippen LogP contribution in [0.25, 0.3) is 5.70 Å². The van der Waals surface area contributed by atoms with Gasteiger partial charge in [-0.15, -0.1) is 0 Å². The Morgan fingerprint density at radius 2 is 2.00 bits per heavy atom. The van der Waals surface area contributed by atoms with Gasteiger partial charge in [0.1, 0.15) is 5.56 Å². The van der Waals surface area contributed by atoms with Crippen molar-refractivity contribution < 1.29 is 18.0 Å². The van der Waals surface area contributed by atoms with Crippen molar-refractivity contribution in [3.05, 3.63) is 56.5 Å². The van der Waals surface area contributed by atoms with Crippen LogP contribution in [0, 0.1) is 13.8 Å². The molecule has 0 radical (unpaired) electrons. The minimum Gasteiger partial charge on any atom is -0.302 e. The van der Waals surface area contributed by atoms with E-state index in [0.717, 1.165) is 0 Å². The van der Waals surface area contributed by atoms with E-state index in [1.165, 1.54) is 10.9 Å². The quantitative estimate of drug-likeness (QED) is 0.548. The summed E-state index contributed by atoms with van der Waals surface area (Å²) in [7, 11) is -3.54. The minimum absolute atomic E-state index is 0.0184. The highest BCUT2D eigenvalue weighted by atomic mass is 32.2. The molecule has 0 saturated carbocycles. The Hall–Kier alpha value is -2.65. The first-order valence-corrected chi connectivity index (χ1v) is 11.1. The molecule has 9 heteroatoms. The molecule has 156 valence electrons. The van der Waals surface area contributed by atoms with Gasteiger partial charge in [-0.05, 0) is 57.9 Å². The second kappa shape index (κ2) is 7.64. The molecule has 0 atom stereocenters. The second-order valence-corrected chi connectivity index (χ2v) is 9.27. The van der Waals surface area contributed by atoms with Crippen molar-refractivity contribution in [1.29, 1.82) is 0 Å². The van der Waals surface area contributed by atoms with Gasteiger partial charge < -0.3 is 5.10 Å². The fourth-order valence-corrected chi connectivity index (χ4v) is 5.13. The molecule has 0 unspecified atom stereocenters. The van der Waals surface area contributed by atoms with E-state index in [0.29, 0.717) is 28.9 Å². The number of sulfone groups is 1. The third kappa shape index (κ3) is 3.67. The van der Waals surface area contributed by atoms with Gasteiger partial charge in [0.15, 0.2) is 15.6 Å². The number of aromatic nitrogens is 2. The van der Waals surface area contributed by atoms with E-state index in [1.807, 2.05) is 13.8 Å². The molecule has 2 N–H and O–H groups in total. The molecule has 0 aliphatic carbocycles. The predicted octanol–water partition coefficient (Wildman–Crippen LogP) is 2.10. The summed E-state index contributed by atoms with van der Waals surface area (Å²) in [4.78, 5) is 31.2. The molecule has 1 aliphatic heterocycles. The number of nitrogens with one attached hydrogen (secondary N) is 2. The van der Waals surface area contributed by atoms with Gasteiger partial charge in [0.25, 0.3) is 5.56 Å². The lowest BCUT2D eigenvalue weighted by Crippen LogP contribution is -2.26. The lowest BCUT2D eigenvalue weighted by Gasteiger charge is -2.25. The normalized spacial score (nSPS) is 15.2. The van der Waals surface area contributed by atoms with Crippen LogP contribution < -0.4 is 11.0 Å². The van der Waals surface area contributed by atoms with Crippen molar-refractivity contribution in [2.24, 2.45) is 0 Å². The van der Waals surface area contributed by atoms with Crippen molar-refractivity contribution in [3.63, 3.8) is 0 Å². The topological polar surface area (TPSA) is 110 Å². The first-order chi connectivity index (χ1) is 13.6. The second-order valence-electron chi connectivity index (χ2n) is 7.30. The summed E-state index contributed by atoms with van der Waals surface area (Å²) in [6.45, 7) is 9.23. The molecule has 0 saturated heterocycles. The van der Waals surface area contributed by atoms with Crippen molar-refractivity contribution in [1.82, 2.24) is 15.3 Å². The van der Waals surface area contributed by atoms with E-state index in [2.05, 4.69) is 10.6 Å². The number of benzene rings is 1. The van der Waals surface area contributed by atoms with Gasteiger partial charge in [-0.1, -0.05) is 0 Å². The molecule has 1 aliphatic rings. The van der Waals surface area contributed by atoms with Crippen molar-refractivity contribution in [2.45, 2.75) is 52.2 Å². The van der Waals surface area contributed by atoms with Gasteiger partial charge in [-0.3, -0.25) is 24.6 Å². The molecular weight excluding hydrogens is 394 g/mol. The fourth-order valence-electron chi connectivity index (χ4n) is 3.46. The number of rotatable bonds is 6. The van der Waals surface area contributed by atoms with Gasteiger partial charge in [-0.25, -0.2) is 8.42 Å². The summed E-state index contributed by atoms with van der Waals surface area (Å²) in [5.41, 5.74) is 4.57. The Kier molecular flexibility index (Phi) is 5.55. The van der Waals surface area contributed by atoms with Gasteiger partial charge >= 0.3 is 0 Å². The Balaban J connectivity index is 2.20. The Bertz CT molecular complexity index is 1170. The average Bonchev–Trinajstić information content (AvgIpc) is 3.02. The molecule has 2 aromatic rings. The summed E-state index contributed by atoms with van der Waals surface area (Å²) < 4.78 is 26.8. The highest BCUT2D eigenvalue weighted by Gasteiger charge is 2.32. The third-order valence-corrected chi connectivity index (χ3v) is 6.62. The SMILES string of the molecule is CCn1[nH]cc(C(=O)c2cc(C)c3c(c2C)C(NOC(C)C)=CCS3(=O)=O)c1=O. The minimum atomic E-state index is -3.54. The molecule has 1 aromatic heterocycles. The zero-order valence-corrected chi connectivity index (χ0v) is 17.9. The number of ketones is 1. The average molecular weight is 420 g/mol. The number of carbonyl (C=O) groups excluding carboxylic acids is 1. The van der Waals surface area contributed by atoms with Gasteiger partial charge in [-0.2, -0.15) is 0 Å². The van der Waals surface area contributed by atoms with Crippen LogP contribution in [0.5, 0.6) is 0 Å². The molecule has 2 heterocycles. The number of aromatic amines is 1. The first kappa shape index (κ1) is 21.1. The highest BCUT2D eigenvalue weighted by molar-refractivity contribution is 7.91. The van der Waals surface area contributed by atoms with Crippen LogP contribution in [-0.4, -0.2) is 35.8 Å². The maximum Gasteiger partial charge on any atom is 0.277 e. The fraction of sp³-hybridized carbons (Fsp3) is 0.400. The number of aryl methyl sites for hydroxylation is 2. The van der Waals surface area contributed by atoms with Crippen LogP contribution in [0.2, 0.25) is 0 Å². The van der Waals surface area contributed by atoms with Crippen LogP contribution in [0.1, 0.15) is 53.4 Å². The Morgan fingerprint density at radius 3 is 2.59 bits per heavy atom. The summed E-state index contributed by atoms with van der Waals surface area (Å²) in [6, 6.07) is 1.54. The van der Waals surface area contributed by atoms with Crippen molar-refractivity contribution in [2.75, 3.05) is 5.75 Å². The zero-order chi connectivity index (χ0) is 21.5. The molecule has 29 heavy (non-hydrogen) atoms. The standard InChI is InChI=1S/C20H25N3O5S/c1-6-23-20(25)15(10-21-23)18(24)14-9-12(4)19-17(13(14)5)16(22-28-11(2)3)7-8-29(19,26)27/h7,9-11,21-22H,6,8H2,1-5H3. The lowest BCUT2D eigenvalue weighted by atomic mass is 9.92. The van der Waals surface area contributed by atoms with Crippen LogP contribution in [0.15, 0.2) is 28.0 Å². The summed E-state index contributed by atoms with van der Waals surface area (Å²) >= 11 is 0. The van der Waals surface area contributed by atoms with E-state index in [4.69, 9.17) is 4.84 Å². The van der Waals surface area contributed by atoms with Crippen molar-refractivity contribution >= 4 is 21.3 Å². The third-order valence-electron chi connectivity index (χ3n) is 4.86. The number of carbonyl (C=O) groups is 1. The summed E-state index contributed by atoms with van der Waals surface area (Å²) in [5.74, 6) is -0.606. The summed E-state index contributed by atoms with van der Waals surface area (Å²) in [5, 5.41) is 2.77. The van der Waals surface area contributed by atoms with E-state index < -0.39 is 21.2 Å². The Labute approximate surface area is 169 Å². The number of hydrogen-bond donors (Lipinski definition) is 2. The van der Waals surface area contributed by atoms with E-state index in [9.17, 15) is 18.0 Å². The van der Waals surface area contributed by atoms with Gasteiger partial charge in [0.05, 0.1) is 22.4 Å². The van der Waals surface area contributed by atoms with Gasteiger partial charge in [0.2, 0.25) is 0 Å². The molecule has 3 rings (SSSR count). The monoisotopic (exact) mass is 419 g/mol. The first-order valence-electron chi connectivity index (χ1n) is 9.40. The van der Waals surface area contributed by atoms with Crippen LogP contribution in [0.4, 0.5) is 0 Å². The number of nitrogens with zero attached hydrogens (tertiary/aromatic N) is 1. The van der Waals surface area contributed by atoms with E-state index in [-0.39, 0.29) is 27.9 Å². The highest BCUT2D eigenvalue weighted by Crippen LogP contribution is 2.36. The molecule has 0 fully saturated rings.